The highest BCUT2D eigenvalue weighted by Gasteiger charge is 2.22. The maximum Gasteiger partial charge on any atom is 0.307 e. The van der Waals surface area contributed by atoms with E-state index in [0.717, 1.165) is 0 Å². The standard InChI is InChI=1S/C13H17ClO5/c1-19-9-3-2-8(6-12(16)17)10(7-9)13(18)11(15)4-5-14/h2-3,7,11,13,15,18H,4-6H2,1H3,(H,16,17). The largest absolute Gasteiger partial charge is 0.497 e. The Morgan fingerprint density at radius 3 is 2.63 bits per heavy atom. The number of aliphatic hydroxyl groups excluding tert-OH is 2. The molecular formula is C13H17ClO5. The van der Waals surface area contributed by atoms with Crippen LogP contribution in [0.5, 0.6) is 5.75 Å². The average molecular weight is 289 g/mol. The van der Waals surface area contributed by atoms with Gasteiger partial charge in [-0.2, -0.15) is 0 Å². The molecule has 2 atom stereocenters. The average Bonchev–Trinajstić information content (AvgIpc) is 2.38. The number of benzene rings is 1. The van der Waals surface area contributed by atoms with Gasteiger partial charge in [0.1, 0.15) is 11.9 Å². The van der Waals surface area contributed by atoms with E-state index in [4.69, 9.17) is 21.4 Å². The Balaban J connectivity index is 3.08. The molecule has 0 aliphatic rings. The molecule has 0 heterocycles. The van der Waals surface area contributed by atoms with Crippen LogP contribution in [0.2, 0.25) is 0 Å². The number of hydrogen-bond acceptors (Lipinski definition) is 4. The number of carbonyl (C=O) groups is 1. The van der Waals surface area contributed by atoms with Crippen molar-refractivity contribution in [3.63, 3.8) is 0 Å². The van der Waals surface area contributed by atoms with Crippen molar-refractivity contribution in [2.45, 2.75) is 25.0 Å². The van der Waals surface area contributed by atoms with Gasteiger partial charge in [0, 0.05) is 5.88 Å². The summed E-state index contributed by atoms with van der Waals surface area (Å²) in [6.07, 6.45) is -2.25. The maximum atomic E-state index is 10.8. The van der Waals surface area contributed by atoms with Crippen LogP contribution >= 0.6 is 11.6 Å². The summed E-state index contributed by atoms with van der Waals surface area (Å²) in [6, 6.07) is 4.71. The minimum atomic E-state index is -1.19. The Hall–Kier alpha value is -1.30. The highest BCUT2D eigenvalue weighted by molar-refractivity contribution is 6.17. The summed E-state index contributed by atoms with van der Waals surface area (Å²) in [6.45, 7) is 0. The molecule has 0 amide bonds. The highest BCUT2D eigenvalue weighted by Crippen LogP contribution is 2.27. The Morgan fingerprint density at radius 2 is 2.11 bits per heavy atom. The van der Waals surface area contributed by atoms with Crippen LogP contribution in [-0.4, -0.2) is 40.4 Å². The number of alkyl halides is 1. The van der Waals surface area contributed by atoms with Crippen LogP contribution in [0.3, 0.4) is 0 Å². The summed E-state index contributed by atoms with van der Waals surface area (Å²) < 4.78 is 5.04. The number of ether oxygens (including phenoxy) is 1. The molecule has 106 valence electrons. The van der Waals surface area contributed by atoms with Crippen molar-refractivity contribution in [3.05, 3.63) is 29.3 Å². The van der Waals surface area contributed by atoms with Crippen molar-refractivity contribution in [3.8, 4) is 5.75 Å². The maximum absolute atomic E-state index is 10.8. The molecule has 5 nitrogen and oxygen atoms in total. The zero-order chi connectivity index (χ0) is 14.4. The van der Waals surface area contributed by atoms with Gasteiger partial charge in [-0.05, 0) is 29.7 Å². The van der Waals surface area contributed by atoms with Crippen LogP contribution in [0.15, 0.2) is 18.2 Å². The third-order valence-corrected chi connectivity index (χ3v) is 3.00. The molecule has 0 fully saturated rings. The van der Waals surface area contributed by atoms with Crippen molar-refractivity contribution in [2.24, 2.45) is 0 Å². The second-order valence-electron chi connectivity index (χ2n) is 4.13. The van der Waals surface area contributed by atoms with Gasteiger partial charge in [0.05, 0.1) is 19.6 Å². The van der Waals surface area contributed by atoms with Crippen molar-refractivity contribution >= 4 is 17.6 Å². The van der Waals surface area contributed by atoms with Crippen LogP contribution < -0.4 is 4.74 Å². The molecule has 1 rings (SSSR count). The molecule has 3 N–H and O–H groups in total. The summed E-state index contributed by atoms with van der Waals surface area (Å²) in [5, 5.41) is 28.7. The SMILES string of the molecule is COc1ccc(CC(=O)O)c(C(O)C(O)CCCl)c1. The molecule has 6 heteroatoms. The van der Waals surface area contributed by atoms with E-state index in [1.165, 1.54) is 13.2 Å². The zero-order valence-corrected chi connectivity index (χ0v) is 11.3. The van der Waals surface area contributed by atoms with E-state index in [0.29, 0.717) is 16.9 Å². The van der Waals surface area contributed by atoms with Gasteiger partial charge in [0.2, 0.25) is 0 Å². The topological polar surface area (TPSA) is 87.0 Å². The Labute approximate surface area is 116 Å². The molecule has 1 aromatic carbocycles. The number of carboxylic acid groups (broad SMARTS) is 1. The first-order chi connectivity index (χ1) is 8.99. The number of halogens is 1. The lowest BCUT2D eigenvalue weighted by Gasteiger charge is -2.20. The Morgan fingerprint density at radius 1 is 1.42 bits per heavy atom. The molecule has 0 saturated heterocycles. The van der Waals surface area contributed by atoms with E-state index in [1.54, 1.807) is 12.1 Å². The number of methoxy groups -OCH3 is 1. The van der Waals surface area contributed by atoms with E-state index < -0.39 is 18.2 Å². The van der Waals surface area contributed by atoms with E-state index in [-0.39, 0.29) is 18.7 Å². The molecule has 0 saturated carbocycles. The van der Waals surface area contributed by atoms with Gasteiger partial charge in [-0.3, -0.25) is 4.79 Å². The normalized spacial score (nSPS) is 13.9. The van der Waals surface area contributed by atoms with Gasteiger partial charge in [0.25, 0.3) is 0 Å². The predicted octanol–water partition coefficient (Wildman–Crippen LogP) is 1.35. The Bertz CT molecular complexity index is 435. The van der Waals surface area contributed by atoms with E-state index in [2.05, 4.69) is 0 Å². The number of hydrogen-bond donors (Lipinski definition) is 3. The van der Waals surface area contributed by atoms with Gasteiger partial charge in [0.15, 0.2) is 0 Å². The number of rotatable bonds is 7. The molecule has 2 unspecified atom stereocenters. The van der Waals surface area contributed by atoms with E-state index in [1.807, 2.05) is 0 Å². The molecule has 0 radical (unpaired) electrons. The number of aliphatic carboxylic acids is 1. The van der Waals surface area contributed by atoms with Gasteiger partial charge >= 0.3 is 5.97 Å². The molecule has 0 aliphatic carbocycles. The van der Waals surface area contributed by atoms with Crippen LogP contribution in [0, 0.1) is 0 Å². The first-order valence-electron chi connectivity index (χ1n) is 5.80. The summed E-state index contributed by atoms with van der Waals surface area (Å²) in [4.78, 5) is 10.8. The van der Waals surface area contributed by atoms with Crippen LogP contribution in [-0.2, 0) is 11.2 Å². The van der Waals surface area contributed by atoms with Crippen molar-refractivity contribution in [2.75, 3.05) is 13.0 Å². The zero-order valence-electron chi connectivity index (χ0n) is 10.5. The quantitative estimate of drug-likeness (QED) is 0.659. The minimum Gasteiger partial charge on any atom is -0.497 e. The molecule has 0 aromatic heterocycles. The van der Waals surface area contributed by atoms with Gasteiger partial charge < -0.3 is 20.1 Å². The second-order valence-corrected chi connectivity index (χ2v) is 4.50. The highest BCUT2D eigenvalue weighted by atomic mass is 35.5. The summed E-state index contributed by atoms with van der Waals surface area (Å²) >= 11 is 5.52. The fraction of sp³-hybridized carbons (Fsp3) is 0.462. The third kappa shape index (κ3) is 4.38. The fourth-order valence-corrected chi connectivity index (χ4v) is 2.00. The van der Waals surface area contributed by atoms with Crippen molar-refractivity contribution < 1.29 is 24.9 Å². The van der Waals surface area contributed by atoms with E-state index >= 15 is 0 Å². The first-order valence-corrected chi connectivity index (χ1v) is 6.33. The molecule has 0 bridgehead atoms. The third-order valence-electron chi connectivity index (χ3n) is 2.78. The second kappa shape index (κ2) is 7.33. The lowest BCUT2D eigenvalue weighted by atomic mass is 9.95. The molecule has 1 aromatic rings. The summed E-state index contributed by atoms with van der Waals surface area (Å²) in [5.74, 6) is -0.317. The predicted molar refractivity (Wildman–Crippen MR) is 70.6 cm³/mol. The molecular weight excluding hydrogens is 272 g/mol. The molecule has 19 heavy (non-hydrogen) atoms. The molecule has 0 spiro atoms. The van der Waals surface area contributed by atoms with Crippen molar-refractivity contribution in [1.29, 1.82) is 0 Å². The first kappa shape index (κ1) is 15.8. The molecule has 0 aliphatic heterocycles. The van der Waals surface area contributed by atoms with Crippen LogP contribution in [0.25, 0.3) is 0 Å². The minimum absolute atomic E-state index is 0.205. The van der Waals surface area contributed by atoms with Gasteiger partial charge in [-0.15, -0.1) is 11.6 Å². The number of carboxylic acids is 1. The van der Waals surface area contributed by atoms with E-state index in [9.17, 15) is 15.0 Å². The lowest BCUT2D eigenvalue weighted by molar-refractivity contribution is -0.136. The Kier molecular flexibility index (Phi) is 6.08. The summed E-state index contributed by atoms with van der Waals surface area (Å²) in [7, 11) is 1.47. The van der Waals surface area contributed by atoms with Gasteiger partial charge in [-0.1, -0.05) is 6.07 Å². The monoisotopic (exact) mass is 288 g/mol. The number of aliphatic hydroxyl groups is 2. The van der Waals surface area contributed by atoms with Crippen LogP contribution in [0.1, 0.15) is 23.7 Å². The lowest BCUT2D eigenvalue weighted by Crippen LogP contribution is -2.20. The smallest absolute Gasteiger partial charge is 0.307 e. The van der Waals surface area contributed by atoms with Crippen LogP contribution in [0.4, 0.5) is 0 Å². The van der Waals surface area contributed by atoms with Crippen molar-refractivity contribution in [1.82, 2.24) is 0 Å². The van der Waals surface area contributed by atoms with Gasteiger partial charge in [-0.25, -0.2) is 0 Å². The fourth-order valence-electron chi connectivity index (χ4n) is 1.78. The summed E-state index contributed by atoms with van der Waals surface area (Å²) in [5.41, 5.74) is 0.786.